The van der Waals surface area contributed by atoms with Gasteiger partial charge in [-0.15, -0.1) is 0 Å². The van der Waals surface area contributed by atoms with Crippen molar-refractivity contribution in [3.8, 4) is 5.75 Å². The van der Waals surface area contributed by atoms with Gasteiger partial charge in [0.25, 0.3) is 0 Å². The standard InChI is InChI=1S/C14H15NO3/c1-8-7-9(2)15-13-11(8)5-4-6-12(13)18-10(3)14(16)17/h4-7,10H,1-3H3,(H,16,17). The van der Waals surface area contributed by atoms with Gasteiger partial charge >= 0.3 is 5.97 Å². The molecule has 1 heterocycles. The SMILES string of the molecule is Cc1cc(C)c2cccc(OC(C)C(=O)O)c2n1. The van der Waals surface area contributed by atoms with Crippen molar-refractivity contribution >= 4 is 16.9 Å². The number of aromatic nitrogens is 1. The second kappa shape index (κ2) is 4.64. The summed E-state index contributed by atoms with van der Waals surface area (Å²) in [5.41, 5.74) is 2.70. The van der Waals surface area contributed by atoms with Crippen LogP contribution in [0.2, 0.25) is 0 Å². The van der Waals surface area contributed by atoms with Gasteiger partial charge in [0.05, 0.1) is 0 Å². The van der Waals surface area contributed by atoms with Crippen molar-refractivity contribution in [1.29, 1.82) is 0 Å². The Bertz CT molecular complexity index is 607. The van der Waals surface area contributed by atoms with Gasteiger partial charge in [-0.25, -0.2) is 9.78 Å². The van der Waals surface area contributed by atoms with Gasteiger partial charge in [-0.1, -0.05) is 12.1 Å². The van der Waals surface area contributed by atoms with Crippen molar-refractivity contribution < 1.29 is 14.6 Å². The number of carboxylic acids is 1. The molecule has 0 saturated heterocycles. The first-order chi connectivity index (χ1) is 8.49. The Morgan fingerprint density at radius 3 is 2.78 bits per heavy atom. The zero-order valence-corrected chi connectivity index (χ0v) is 10.6. The molecule has 1 aromatic heterocycles. The van der Waals surface area contributed by atoms with Crippen molar-refractivity contribution in [1.82, 2.24) is 4.98 Å². The number of carbonyl (C=O) groups is 1. The molecule has 0 amide bonds. The van der Waals surface area contributed by atoms with Crippen LogP contribution < -0.4 is 4.74 Å². The summed E-state index contributed by atoms with van der Waals surface area (Å²) in [6, 6.07) is 7.53. The van der Waals surface area contributed by atoms with Gasteiger partial charge < -0.3 is 9.84 Å². The first kappa shape index (κ1) is 12.4. The summed E-state index contributed by atoms with van der Waals surface area (Å²) in [4.78, 5) is 15.3. The molecule has 2 aromatic rings. The van der Waals surface area contributed by atoms with Crippen LogP contribution in [0, 0.1) is 13.8 Å². The molecular weight excluding hydrogens is 230 g/mol. The monoisotopic (exact) mass is 245 g/mol. The van der Waals surface area contributed by atoms with E-state index in [9.17, 15) is 4.79 Å². The number of rotatable bonds is 3. The first-order valence-electron chi connectivity index (χ1n) is 5.75. The molecule has 0 fully saturated rings. The lowest BCUT2D eigenvalue weighted by Crippen LogP contribution is -2.23. The van der Waals surface area contributed by atoms with Crippen LogP contribution in [0.15, 0.2) is 24.3 Å². The number of para-hydroxylation sites is 1. The van der Waals surface area contributed by atoms with Crippen molar-refractivity contribution in [2.45, 2.75) is 26.9 Å². The zero-order valence-electron chi connectivity index (χ0n) is 10.6. The molecule has 1 unspecified atom stereocenters. The van der Waals surface area contributed by atoms with Crippen LogP contribution >= 0.6 is 0 Å². The summed E-state index contributed by atoms with van der Waals surface area (Å²) < 4.78 is 5.44. The fraction of sp³-hybridized carbons (Fsp3) is 0.286. The molecule has 2 rings (SSSR count). The molecule has 0 aliphatic rings. The summed E-state index contributed by atoms with van der Waals surface area (Å²) in [5, 5.41) is 9.86. The highest BCUT2D eigenvalue weighted by molar-refractivity contribution is 5.87. The van der Waals surface area contributed by atoms with E-state index >= 15 is 0 Å². The largest absolute Gasteiger partial charge is 0.479 e. The number of benzene rings is 1. The second-order valence-corrected chi connectivity index (χ2v) is 4.33. The highest BCUT2D eigenvalue weighted by atomic mass is 16.5. The van der Waals surface area contributed by atoms with Crippen LogP contribution in [0.5, 0.6) is 5.75 Å². The summed E-state index contributed by atoms with van der Waals surface area (Å²) >= 11 is 0. The van der Waals surface area contributed by atoms with Gasteiger partial charge in [-0.05, 0) is 38.5 Å². The maximum Gasteiger partial charge on any atom is 0.344 e. The number of hydrogen-bond donors (Lipinski definition) is 1. The minimum Gasteiger partial charge on any atom is -0.479 e. The Morgan fingerprint density at radius 2 is 2.11 bits per heavy atom. The summed E-state index contributed by atoms with van der Waals surface area (Å²) in [5.74, 6) is -0.481. The number of carboxylic acid groups (broad SMARTS) is 1. The fourth-order valence-corrected chi connectivity index (χ4v) is 1.89. The Kier molecular flexibility index (Phi) is 3.19. The Balaban J connectivity index is 2.54. The third kappa shape index (κ3) is 2.27. The van der Waals surface area contributed by atoms with Crippen LogP contribution in [-0.4, -0.2) is 22.2 Å². The average molecular weight is 245 g/mol. The summed E-state index contributed by atoms with van der Waals surface area (Å²) in [7, 11) is 0. The maximum atomic E-state index is 10.8. The molecule has 4 nitrogen and oxygen atoms in total. The lowest BCUT2D eigenvalue weighted by atomic mass is 10.1. The van der Waals surface area contributed by atoms with Gasteiger partial charge in [0.2, 0.25) is 0 Å². The van der Waals surface area contributed by atoms with Crippen LogP contribution in [0.3, 0.4) is 0 Å². The minimum atomic E-state index is -0.989. The van der Waals surface area contributed by atoms with E-state index < -0.39 is 12.1 Å². The van der Waals surface area contributed by atoms with E-state index in [1.54, 1.807) is 6.07 Å². The number of nitrogens with zero attached hydrogens (tertiary/aromatic N) is 1. The zero-order chi connectivity index (χ0) is 13.3. The van der Waals surface area contributed by atoms with Crippen LogP contribution in [0.1, 0.15) is 18.2 Å². The van der Waals surface area contributed by atoms with E-state index in [0.29, 0.717) is 11.3 Å². The molecule has 0 aliphatic carbocycles. The molecule has 94 valence electrons. The van der Waals surface area contributed by atoms with Crippen molar-refractivity contribution in [3.63, 3.8) is 0 Å². The molecule has 1 N–H and O–H groups in total. The lowest BCUT2D eigenvalue weighted by Gasteiger charge is -2.13. The van der Waals surface area contributed by atoms with Crippen LogP contribution in [0.25, 0.3) is 10.9 Å². The van der Waals surface area contributed by atoms with Crippen LogP contribution in [0.4, 0.5) is 0 Å². The maximum absolute atomic E-state index is 10.8. The number of aryl methyl sites for hydroxylation is 2. The molecule has 18 heavy (non-hydrogen) atoms. The summed E-state index contributed by atoms with van der Waals surface area (Å²) in [6.07, 6.45) is -0.891. The topological polar surface area (TPSA) is 59.4 Å². The van der Waals surface area contributed by atoms with Gasteiger partial charge in [-0.2, -0.15) is 0 Å². The van der Waals surface area contributed by atoms with E-state index in [1.807, 2.05) is 32.0 Å². The molecular formula is C14H15NO3. The molecule has 0 radical (unpaired) electrons. The van der Waals surface area contributed by atoms with Crippen molar-refractivity contribution in [3.05, 3.63) is 35.5 Å². The van der Waals surface area contributed by atoms with Crippen molar-refractivity contribution in [2.24, 2.45) is 0 Å². The highest BCUT2D eigenvalue weighted by Crippen LogP contribution is 2.27. The predicted octanol–water partition coefficient (Wildman–Crippen LogP) is 2.70. The molecule has 1 aromatic carbocycles. The van der Waals surface area contributed by atoms with Gasteiger partial charge in [0.15, 0.2) is 6.10 Å². The molecule has 0 spiro atoms. The second-order valence-electron chi connectivity index (χ2n) is 4.33. The van der Waals surface area contributed by atoms with E-state index in [2.05, 4.69) is 4.98 Å². The van der Waals surface area contributed by atoms with E-state index in [-0.39, 0.29) is 0 Å². The third-order valence-corrected chi connectivity index (χ3v) is 2.79. The molecule has 0 aliphatic heterocycles. The number of pyridine rings is 1. The smallest absolute Gasteiger partial charge is 0.344 e. The number of hydrogen-bond acceptors (Lipinski definition) is 3. The molecule has 0 bridgehead atoms. The highest BCUT2D eigenvalue weighted by Gasteiger charge is 2.15. The van der Waals surface area contributed by atoms with Crippen molar-refractivity contribution in [2.75, 3.05) is 0 Å². The Morgan fingerprint density at radius 1 is 1.39 bits per heavy atom. The number of ether oxygens (including phenoxy) is 1. The Hall–Kier alpha value is -2.10. The summed E-state index contributed by atoms with van der Waals surface area (Å²) in [6.45, 7) is 5.41. The first-order valence-corrected chi connectivity index (χ1v) is 5.75. The predicted molar refractivity (Wildman–Crippen MR) is 68.9 cm³/mol. The fourth-order valence-electron chi connectivity index (χ4n) is 1.89. The van der Waals surface area contributed by atoms with Gasteiger partial charge in [0.1, 0.15) is 11.3 Å². The van der Waals surface area contributed by atoms with E-state index in [1.165, 1.54) is 6.92 Å². The quantitative estimate of drug-likeness (QED) is 0.903. The normalized spacial score (nSPS) is 12.4. The average Bonchev–Trinajstić information content (AvgIpc) is 2.29. The van der Waals surface area contributed by atoms with Gasteiger partial charge in [-0.3, -0.25) is 0 Å². The lowest BCUT2D eigenvalue weighted by molar-refractivity contribution is -0.144. The van der Waals surface area contributed by atoms with E-state index in [4.69, 9.17) is 9.84 Å². The van der Waals surface area contributed by atoms with Crippen LogP contribution in [-0.2, 0) is 4.79 Å². The van der Waals surface area contributed by atoms with E-state index in [0.717, 1.165) is 16.6 Å². The molecule has 1 atom stereocenters. The van der Waals surface area contributed by atoms with Gasteiger partial charge in [0, 0.05) is 11.1 Å². The number of aliphatic carboxylic acids is 1. The molecule has 4 heteroatoms. The Labute approximate surface area is 105 Å². The number of fused-ring (bicyclic) bond motifs is 1. The third-order valence-electron chi connectivity index (χ3n) is 2.79. The molecule has 0 saturated carbocycles. The minimum absolute atomic E-state index is 0.509.